The summed E-state index contributed by atoms with van der Waals surface area (Å²) in [6.45, 7) is 2.46. The maximum absolute atomic E-state index is 13.2. The van der Waals surface area contributed by atoms with Crippen LogP contribution in [0.4, 0.5) is 0 Å². The van der Waals surface area contributed by atoms with Gasteiger partial charge in [0.2, 0.25) is 5.91 Å². The van der Waals surface area contributed by atoms with Gasteiger partial charge < -0.3 is 5.32 Å². The molecular formula is C25H27ClN4O. The lowest BCUT2D eigenvalue weighted by Gasteiger charge is -2.42. The lowest BCUT2D eigenvalue weighted by molar-refractivity contribution is -0.134. The minimum atomic E-state index is -0.489. The van der Waals surface area contributed by atoms with Crippen molar-refractivity contribution in [1.29, 1.82) is 0 Å². The third-order valence-electron chi connectivity index (χ3n) is 6.08. The number of benzene rings is 2. The second-order valence-corrected chi connectivity index (χ2v) is 8.70. The van der Waals surface area contributed by atoms with Crippen LogP contribution in [0.15, 0.2) is 67.3 Å². The van der Waals surface area contributed by atoms with Crippen LogP contribution in [0.1, 0.15) is 24.0 Å². The van der Waals surface area contributed by atoms with Crippen LogP contribution in [-0.4, -0.2) is 40.9 Å². The van der Waals surface area contributed by atoms with Crippen LogP contribution < -0.4 is 5.32 Å². The molecule has 1 atom stereocenters. The summed E-state index contributed by atoms with van der Waals surface area (Å²) < 4.78 is 0. The first-order valence-electron chi connectivity index (χ1n) is 10.6. The third kappa shape index (κ3) is 4.94. The number of nitrogens with one attached hydrogen (secondary N) is 1. The Morgan fingerprint density at radius 2 is 1.97 bits per heavy atom. The van der Waals surface area contributed by atoms with E-state index < -0.39 is 5.41 Å². The number of nitrogens with zero attached hydrogens (tertiary/aromatic N) is 3. The number of halogens is 1. The maximum atomic E-state index is 13.2. The quantitative estimate of drug-likeness (QED) is 0.626. The van der Waals surface area contributed by atoms with E-state index in [4.69, 9.17) is 11.6 Å². The molecule has 0 saturated carbocycles. The Balaban J connectivity index is 1.63. The van der Waals surface area contributed by atoms with Crippen LogP contribution in [0.25, 0.3) is 11.1 Å². The van der Waals surface area contributed by atoms with E-state index in [-0.39, 0.29) is 5.91 Å². The Hall–Kier alpha value is -2.76. The SMILES string of the molecule is CNC(=O)[C@@]1(Cc2ccccc2-c2cncnc2)CCCN(Cc2cccc(Cl)c2)C1. The molecule has 1 saturated heterocycles. The lowest BCUT2D eigenvalue weighted by atomic mass is 9.73. The molecule has 4 rings (SSSR count). The Morgan fingerprint density at radius 3 is 2.74 bits per heavy atom. The fourth-order valence-electron chi connectivity index (χ4n) is 4.69. The average Bonchev–Trinajstić information content (AvgIpc) is 2.80. The Labute approximate surface area is 188 Å². The summed E-state index contributed by atoms with van der Waals surface area (Å²) in [5, 5.41) is 3.68. The number of amides is 1. The Morgan fingerprint density at radius 1 is 1.16 bits per heavy atom. The number of hydrogen-bond donors (Lipinski definition) is 1. The van der Waals surface area contributed by atoms with Crippen LogP contribution in [0.2, 0.25) is 5.02 Å². The highest BCUT2D eigenvalue weighted by atomic mass is 35.5. The minimum Gasteiger partial charge on any atom is -0.359 e. The van der Waals surface area contributed by atoms with E-state index in [0.717, 1.165) is 47.6 Å². The normalized spacial score (nSPS) is 19.2. The highest BCUT2D eigenvalue weighted by Gasteiger charge is 2.42. The van der Waals surface area contributed by atoms with Gasteiger partial charge in [0.15, 0.2) is 0 Å². The van der Waals surface area contributed by atoms with Gasteiger partial charge in [-0.3, -0.25) is 9.69 Å². The molecule has 2 heterocycles. The van der Waals surface area contributed by atoms with Gasteiger partial charge in [0, 0.05) is 43.1 Å². The second kappa shape index (κ2) is 9.58. The van der Waals surface area contributed by atoms with Crippen molar-refractivity contribution in [2.24, 2.45) is 5.41 Å². The van der Waals surface area contributed by atoms with Crippen molar-refractivity contribution in [3.8, 4) is 11.1 Å². The molecule has 6 heteroatoms. The van der Waals surface area contributed by atoms with Crippen molar-refractivity contribution < 1.29 is 4.79 Å². The largest absolute Gasteiger partial charge is 0.359 e. The number of likely N-dealkylation sites (tertiary alicyclic amines) is 1. The summed E-state index contributed by atoms with van der Waals surface area (Å²) >= 11 is 6.18. The van der Waals surface area contributed by atoms with E-state index in [1.807, 2.05) is 42.7 Å². The van der Waals surface area contributed by atoms with Crippen LogP contribution in [-0.2, 0) is 17.8 Å². The lowest BCUT2D eigenvalue weighted by Crippen LogP contribution is -2.52. The van der Waals surface area contributed by atoms with Crippen molar-refractivity contribution in [3.05, 3.63) is 83.4 Å². The topological polar surface area (TPSA) is 58.1 Å². The molecule has 160 valence electrons. The molecule has 0 radical (unpaired) electrons. The molecule has 1 N–H and O–H groups in total. The molecule has 1 aliphatic rings. The minimum absolute atomic E-state index is 0.0995. The van der Waals surface area contributed by atoms with Crippen molar-refractivity contribution >= 4 is 17.5 Å². The summed E-state index contributed by atoms with van der Waals surface area (Å²) in [4.78, 5) is 23.9. The standard InChI is InChI=1S/C25H27ClN4O/c1-27-24(31)25(10-5-11-30(17-25)16-19-6-4-8-22(26)12-19)13-20-7-2-3-9-23(20)21-14-28-18-29-15-21/h2-4,6-9,12,14-15,18H,5,10-11,13,16-17H2,1H3,(H,27,31)/t25-/m1/s1. The van der Waals surface area contributed by atoms with Gasteiger partial charge in [-0.1, -0.05) is 48.0 Å². The first kappa shape index (κ1) is 21.5. The molecule has 0 bridgehead atoms. The zero-order valence-corrected chi connectivity index (χ0v) is 18.5. The molecule has 1 amide bonds. The summed E-state index contributed by atoms with van der Waals surface area (Å²) in [7, 11) is 1.73. The van der Waals surface area contributed by atoms with Gasteiger partial charge in [-0.15, -0.1) is 0 Å². The fourth-order valence-corrected chi connectivity index (χ4v) is 4.90. The van der Waals surface area contributed by atoms with Gasteiger partial charge in [0.25, 0.3) is 0 Å². The number of aromatic nitrogens is 2. The summed E-state index contributed by atoms with van der Waals surface area (Å²) in [5.41, 5.74) is 3.87. The molecule has 1 aromatic heterocycles. The van der Waals surface area contributed by atoms with Crippen molar-refractivity contribution in [3.63, 3.8) is 0 Å². The predicted octanol–water partition coefficient (Wildman–Crippen LogP) is 4.37. The van der Waals surface area contributed by atoms with Crippen LogP contribution in [0, 0.1) is 5.41 Å². The molecule has 3 aromatic rings. The summed E-state index contributed by atoms with van der Waals surface area (Å²) in [5.74, 6) is 0.0995. The first-order chi connectivity index (χ1) is 15.1. The fraction of sp³-hybridized carbons (Fsp3) is 0.320. The van der Waals surface area contributed by atoms with E-state index in [1.54, 1.807) is 7.05 Å². The van der Waals surface area contributed by atoms with Crippen molar-refractivity contribution in [1.82, 2.24) is 20.2 Å². The molecule has 5 nitrogen and oxygen atoms in total. The van der Waals surface area contributed by atoms with E-state index in [1.165, 1.54) is 11.9 Å². The number of carbonyl (C=O) groups excluding carboxylic acids is 1. The number of carbonyl (C=O) groups is 1. The summed E-state index contributed by atoms with van der Waals surface area (Å²) in [6, 6.07) is 16.2. The van der Waals surface area contributed by atoms with Gasteiger partial charge in [-0.05, 0) is 54.6 Å². The molecule has 0 unspecified atom stereocenters. The molecule has 0 aliphatic carbocycles. The zero-order valence-electron chi connectivity index (χ0n) is 17.7. The van der Waals surface area contributed by atoms with Gasteiger partial charge in [0.05, 0.1) is 5.41 Å². The molecule has 31 heavy (non-hydrogen) atoms. The molecular weight excluding hydrogens is 408 g/mol. The van der Waals surface area contributed by atoms with Crippen LogP contribution in [0.5, 0.6) is 0 Å². The molecule has 1 aliphatic heterocycles. The Bertz CT molecular complexity index is 1040. The number of rotatable bonds is 6. The Kier molecular flexibility index (Phi) is 6.64. The predicted molar refractivity (Wildman–Crippen MR) is 124 cm³/mol. The highest BCUT2D eigenvalue weighted by Crippen LogP contribution is 2.37. The zero-order chi connectivity index (χ0) is 21.7. The highest BCUT2D eigenvalue weighted by molar-refractivity contribution is 6.30. The third-order valence-corrected chi connectivity index (χ3v) is 6.31. The number of hydrogen-bond acceptors (Lipinski definition) is 4. The van der Waals surface area contributed by atoms with Gasteiger partial charge in [0.1, 0.15) is 6.33 Å². The van der Waals surface area contributed by atoms with Gasteiger partial charge in [-0.2, -0.15) is 0 Å². The second-order valence-electron chi connectivity index (χ2n) is 8.26. The van der Waals surface area contributed by atoms with Crippen LogP contribution in [0.3, 0.4) is 0 Å². The van der Waals surface area contributed by atoms with Gasteiger partial charge in [-0.25, -0.2) is 9.97 Å². The van der Waals surface area contributed by atoms with E-state index in [0.29, 0.717) is 13.0 Å². The van der Waals surface area contributed by atoms with Gasteiger partial charge >= 0.3 is 0 Å². The van der Waals surface area contributed by atoms with Crippen molar-refractivity contribution in [2.45, 2.75) is 25.8 Å². The van der Waals surface area contributed by atoms with Crippen LogP contribution >= 0.6 is 11.6 Å². The smallest absolute Gasteiger partial charge is 0.227 e. The molecule has 1 fully saturated rings. The van der Waals surface area contributed by atoms with Crippen molar-refractivity contribution in [2.75, 3.05) is 20.1 Å². The van der Waals surface area contributed by atoms with E-state index in [9.17, 15) is 4.79 Å². The van der Waals surface area contributed by atoms with E-state index >= 15 is 0 Å². The number of piperidine rings is 1. The average molecular weight is 435 g/mol. The first-order valence-corrected chi connectivity index (χ1v) is 11.0. The summed E-state index contributed by atoms with van der Waals surface area (Å²) in [6.07, 6.45) is 7.69. The van der Waals surface area contributed by atoms with E-state index in [2.05, 4.69) is 38.4 Å². The monoisotopic (exact) mass is 434 g/mol. The molecule has 2 aromatic carbocycles. The maximum Gasteiger partial charge on any atom is 0.227 e. The molecule has 0 spiro atoms.